The van der Waals surface area contributed by atoms with Crippen LogP contribution in [0.25, 0.3) is 0 Å². The first kappa shape index (κ1) is 15.8. The molecule has 2 N–H and O–H groups in total. The largest absolute Gasteiger partial charge is 0.314 e. The van der Waals surface area contributed by atoms with Crippen LogP contribution in [0.1, 0.15) is 20.3 Å². The van der Waals surface area contributed by atoms with Crippen molar-refractivity contribution in [1.29, 1.82) is 0 Å². The van der Waals surface area contributed by atoms with E-state index in [-0.39, 0.29) is 11.8 Å². The van der Waals surface area contributed by atoms with Gasteiger partial charge in [0.2, 0.25) is 10.0 Å². The van der Waals surface area contributed by atoms with E-state index in [9.17, 15) is 17.2 Å². The molecule has 0 aromatic heterocycles. The van der Waals surface area contributed by atoms with Crippen molar-refractivity contribution in [2.45, 2.75) is 26.3 Å². The Kier molecular flexibility index (Phi) is 5.68. The fourth-order valence-corrected chi connectivity index (χ4v) is 2.59. The van der Waals surface area contributed by atoms with Gasteiger partial charge in [-0.1, -0.05) is 19.9 Å². The molecule has 1 aromatic rings. The Morgan fingerprint density at radius 2 is 1.79 bits per heavy atom. The SMILES string of the molecule is CC(C)NCCCS(=O)(=O)Nc1c(F)cccc1F. The average molecular weight is 292 g/mol. The van der Waals surface area contributed by atoms with Crippen LogP contribution in [0.5, 0.6) is 0 Å². The quantitative estimate of drug-likeness (QED) is 0.757. The maximum Gasteiger partial charge on any atom is 0.232 e. The van der Waals surface area contributed by atoms with E-state index in [1.54, 1.807) is 0 Å². The molecule has 0 spiro atoms. The molecule has 0 aliphatic carbocycles. The Bertz CT molecular complexity index is 498. The minimum Gasteiger partial charge on any atom is -0.314 e. The molecule has 1 aromatic carbocycles. The molecule has 108 valence electrons. The summed E-state index contributed by atoms with van der Waals surface area (Å²) in [5.41, 5.74) is -0.626. The van der Waals surface area contributed by atoms with E-state index < -0.39 is 27.3 Å². The predicted octanol–water partition coefficient (Wildman–Crippen LogP) is 2.09. The number of halogens is 2. The van der Waals surface area contributed by atoms with Crippen molar-refractivity contribution in [3.63, 3.8) is 0 Å². The van der Waals surface area contributed by atoms with Crippen molar-refractivity contribution >= 4 is 15.7 Å². The van der Waals surface area contributed by atoms with Gasteiger partial charge in [-0.2, -0.15) is 0 Å². The standard InChI is InChI=1S/C12H18F2N2O2S/c1-9(2)15-7-4-8-19(17,18)16-12-10(13)5-3-6-11(12)14/h3,5-6,9,15-16H,4,7-8H2,1-2H3. The second kappa shape index (κ2) is 6.81. The minimum atomic E-state index is -3.75. The number of benzene rings is 1. The van der Waals surface area contributed by atoms with E-state index >= 15 is 0 Å². The number of rotatable bonds is 7. The van der Waals surface area contributed by atoms with Gasteiger partial charge in [0, 0.05) is 6.04 Å². The third-order valence-corrected chi connectivity index (χ3v) is 3.70. The average Bonchev–Trinajstić information content (AvgIpc) is 2.30. The summed E-state index contributed by atoms with van der Waals surface area (Å²) in [6.45, 7) is 4.42. The Balaban J connectivity index is 2.60. The smallest absolute Gasteiger partial charge is 0.232 e. The molecule has 0 unspecified atom stereocenters. The van der Waals surface area contributed by atoms with Crippen molar-refractivity contribution in [1.82, 2.24) is 5.32 Å². The zero-order chi connectivity index (χ0) is 14.5. The molecule has 0 aliphatic heterocycles. The van der Waals surface area contributed by atoms with Crippen LogP contribution in [0.2, 0.25) is 0 Å². The number of anilines is 1. The molecule has 19 heavy (non-hydrogen) atoms. The Hall–Kier alpha value is -1.21. The van der Waals surface area contributed by atoms with Crippen LogP contribution in [0.15, 0.2) is 18.2 Å². The predicted molar refractivity (Wildman–Crippen MR) is 71.5 cm³/mol. The van der Waals surface area contributed by atoms with Crippen molar-refractivity contribution in [3.05, 3.63) is 29.8 Å². The van der Waals surface area contributed by atoms with E-state index in [0.717, 1.165) is 12.1 Å². The zero-order valence-electron chi connectivity index (χ0n) is 10.9. The third kappa shape index (κ3) is 5.52. The van der Waals surface area contributed by atoms with Crippen molar-refractivity contribution in [2.75, 3.05) is 17.0 Å². The van der Waals surface area contributed by atoms with E-state index in [2.05, 4.69) is 5.32 Å². The van der Waals surface area contributed by atoms with Crippen molar-refractivity contribution in [2.24, 2.45) is 0 Å². The molecular weight excluding hydrogens is 274 g/mol. The summed E-state index contributed by atoms with van der Waals surface area (Å²) >= 11 is 0. The maximum atomic E-state index is 13.3. The van der Waals surface area contributed by atoms with Crippen LogP contribution in [-0.2, 0) is 10.0 Å². The number of hydrogen-bond acceptors (Lipinski definition) is 3. The third-order valence-electron chi connectivity index (χ3n) is 2.36. The molecule has 0 saturated carbocycles. The topological polar surface area (TPSA) is 58.2 Å². The summed E-state index contributed by atoms with van der Waals surface area (Å²) in [5.74, 6) is -2.05. The van der Waals surface area contributed by atoms with Gasteiger partial charge in [0.25, 0.3) is 0 Å². The number of nitrogens with one attached hydrogen (secondary N) is 2. The van der Waals surface area contributed by atoms with Crippen LogP contribution in [0, 0.1) is 11.6 Å². The van der Waals surface area contributed by atoms with E-state index in [0.29, 0.717) is 13.0 Å². The number of sulfonamides is 1. The lowest BCUT2D eigenvalue weighted by atomic mass is 10.3. The lowest BCUT2D eigenvalue weighted by Gasteiger charge is -2.11. The second-order valence-electron chi connectivity index (χ2n) is 4.48. The molecule has 4 nitrogen and oxygen atoms in total. The van der Waals surface area contributed by atoms with Crippen LogP contribution in [0.4, 0.5) is 14.5 Å². The molecule has 0 aliphatic rings. The summed E-state index contributed by atoms with van der Waals surface area (Å²) in [4.78, 5) is 0. The molecule has 1 rings (SSSR count). The summed E-state index contributed by atoms with van der Waals surface area (Å²) in [6, 6.07) is 3.44. The fourth-order valence-electron chi connectivity index (χ4n) is 1.45. The lowest BCUT2D eigenvalue weighted by Crippen LogP contribution is -2.27. The minimum absolute atomic E-state index is 0.194. The Morgan fingerprint density at radius 3 is 2.32 bits per heavy atom. The molecule has 0 radical (unpaired) electrons. The van der Waals surface area contributed by atoms with Gasteiger partial charge in [0.1, 0.15) is 17.3 Å². The first-order valence-electron chi connectivity index (χ1n) is 6.00. The normalized spacial score (nSPS) is 11.8. The molecule has 0 saturated heterocycles. The van der Waals surface area contributed by atoms with Gasteiger partial charge in [-0.05, 0) is 25.1 Å². The van der Waals surface area contributed by atoms with E-state index in [1.807, 2.05) is 18.6 Å². The molecule has 0 atom stereocenters. The van der Waals surface area contributed by atoms with E-state index in [4.69, 9.17) is 0 Å². The molecule has 0 fully saturated rings. The van der Waals surface area contributed by atoms with Gasteiger partial charge < -0.3 is 5.32 Å². The Labute approximate surface area is 112 Å². The molecule has 7 heteroatoms. The molecule has 0 heterocycles. The fraction of sp³-hybridized carbons (Fsp3) is 0.500. The van der Waals surface area contributed by atoms with Gasteiger partial charge in [-0.25, -0.2) is 17.2 Å². The van der Waals surface area contributed by atoms with Gasteiger partial charge in [-0.3, -0.25) is 4.72 Å². The highest BCUT2D eigenvalue weighted by Crippen LogP contribution is 2.19. The number of para-hydroxylation sites is 1. The molecule has 0 bridgehead atoms. The Morgan fingerprint density at radius 1 is 1.21 bits per heavy atom. The van der Waals surface area contributed by atoms with Gasteiger partial charge in [-0.15, -0.1) is 0 Å². The van der Waals surface area contributed by atoms with E-state index in [1.165, 1.54) is 6.07 Å². The van der Waals surface area contributed by atoms with Crippen molar-refractivity contribution < 1.29 is 17.2 Å². The molecular formula is C12H18F2N2O2S. The molecule has 0 amide bonds. The highest BCUT2D eigenvalue weighted by atomic mass is 32.2. The van der Waals surface area contributed by atoms with Gasteiger partial charge in [0.15, 0.2) is 0 Å². The van der Waals surface area contributed by atoms with Crippen LogP contribution in [0.3, 0.4) is 0 Å². The van der Waals surface area contributed by atoms with Gasteiger partial charge >= 0.3 is 0 Å². The number of hydrogen-bond donors (Lipinski definition) is 2. The second-order valence-corrected chi connectivity index (χ2v) is 6.32. The van der Waals surface area contributed by atoms with Crippen LogP contribution < -0.4 is 10.0 Å². The highest BCUT2D eigenvalue weighted by Gasteiger charge is 2.16. The lowest BCUT2D eigenvalue weighted by molar-refractivity contribution is 0.568. The summed E-state index contributed by atoms with van der Waals surface area (Å²) in [6.07, 6.45) is 0.365. The highest BCUT2D eigenvalue weighted by molar-refractivity contribution is 7.92. The van der Waals surface area contributed by atoms with Crippen molar-refractivity contribution in [3.8, 4) is 0 Å². The van der Waals surface area contributed by atoms with Gasteiger partial charge in [0.05, 0.1) is 5.75 Å². The van der Waals surface area contributed by atoms with Crippen LogP contribution >= 0.6 is 0 Å². The first-order chi connectivity index (χ1) is 8.82. The first-order valence-corrected chi connectivity index (χ1v) is 7.65. The zero-order valence-corrected chi connectivity index (χ0v) is 11.7. The summed E-state index contributed by atoms with van der Waals surface area (Å²) in [7, 11) is -3.75. The summed E-state index contributed by atoms with van der Waals surface area (Å²) in [5, 5.41) is 3.06. The van der Waals surface area contributed by atoms with Crippen LogP contribution in [-0.4, -0.2) is 26.8 Å². The maximum absolute atomic E-state index is 13.3. The summed E-state index contributed by atoms with van der Waals surface area (Å²) < 4.78 is 51.9. The monoisotopic (exact) mass is 292 g/mol.